The number of carbonyl (C=O) groups excluding carboxylic acids is 2. The first kappa shape index (κ1) is 25.3. The molecule has 0 bridgehead atoms. The second kappa shape index (κ2) is 14.4. The number of nitrogens with zero attached hydrogens (tertiary/aromatic N) is 1. The maximum Gasteiger partial charge on any atom is 0.322 e. The average molecular weight is 395 g/mol. The molecular weight excluding hydrogens is 374 g/mol. The number of nitroso groups, excluding NO2 is 1. The fourth-order valence-electron chi connectivity index (χ4n) is 1.25. The lowest BCUT2D eigenvalue weighted by Crippen LogP contribution is -2.49. The number of carboxylic acids is 2. The van der Waals surface area contributed by atoms with Crippen LogP contribution in [0.1, 0.15) is 12.8 Å². The van der Waals surface area contributed by atoms with Crippen molar-refractivity contribution >= 4 is 41.7 Å². The van der Waals surface area contributed by atoms with E-state index in [9.17, 15) is 24.1 Å². The Hall–Kier alpha value is -2.94. The molecule has 0 aliphatic carbocycles. The van der Waals surface area contributed by atoms with Gasteiger partial charge in [-0.3, -0.25) is 24.6 Å². The van der Waals surface area contributed by atoms with Gasteiger partial charge >= 0.3 is 11.9 Å². The fourth-order valence-corrected chi connectivity index (χ4v) is 1.70. The van der Waals surface area contributed by atoms with Crippen LogP contribution in [0.15, 0.2) is 4.58 Å². The summed E-state index contributed by atoms with van der Waals surface area (Å²) in [6, 6.07) is -2.38. The minimum atomic E-state index is -1.27. The van der Waals surface area contributed by atoms with E-state index in [1.807, 2.05) is 0 Å². The summed E-state index contributed by atoms with van der Waals surface area (Å²) in [6.45, 7) is -0.645. The largest absolute Gasteiger partial charge is 0.480 e. The topological polar surface area (TPSA) is 264 Å². The molecule has 0 heterocycles. The van der Waals surface area contributed by atoms with E-state index in [1.165, 1.54) is 0 Å². The van der Waals surface area contributed by atoms with E-state index in [4.69, 9.17) is 21.4 Å². The molecule has 148 valence electrons. The number of guanidine groups is 1. The van der Waals surface area contributed by atoms with Gasteiger partial charge in [0.2, 0.25) is 11.8 Å². The summed E-state index contributed by atoms with van der Waals surface area (Å²) in [5.41, 5.74) is 14.2. The zero-order chi connectivity index (χ0) is 20.7. The number of aliphatic carboxylic acids is 2. The smallest absolute Gasteiger partial charge is 0.322 e. The highest BCUT2D eigenvalue weighted by Gasteiger charge is 2.22. The molecule has 0 rings (SSSR count). The van der Waals surface area contributed by atoms with Crippen LogP contribution in [0.3, 0.4) is 0 Å². The van der Waals surface area contributed by atoms with E-state index >= 15 is 0 Å². The molecule has 0 saturated heterocycles. The summed E-state index contributed by atoms with van der Waals surface area (Å²) < 4.78 is 2.48. The summed E-state index contributed by atoms with van der Waals surface area (Å²) in [6.07, 6.45) is -0.376. The van der Waals surface area contributed by atoms with Gasteiger partial charge in [0.15, 0.2) is 5.96 Å². The molecular formula is C11H21N7O7S. The first-order valence-corrected chi connectivity index (χ1v) is 7.76. The van der Waals surface area contributed by atoms with Crippen LogP contribution in [0.4, 0.5) is 0 Å². The molecule has 0 aromatic carbocycles. The van der Waals surface area contributed by atoms with E-state index in [0.717, 1.165) is 0 Å². The van der Waals surface area contributed by atoms with Crippen molar-refractivity contribution in [2.24, 2.45) is 21.8 Å². The summed E-state index contributed by atoms with van der Waals surface area (Å²) in [7, 11) is 0. The molecule has 14 nitrogen and oxygen atoms in total. The standard InChI is InChI=1S/C10H16N4O7S.CH5N3/c11-5(10(19)20)1-2-7(15)13-6(4-22-14-21)9(18)12-3-8(16)17;2-1(3)4/h5-6H,1-4,11H2,(H,12,18)(H,13,15)(H,16,17)(H,19,20);(H5,2,3,4). The second-order valence-electron chi connectivity index (χ2n) is 4.54. The second-order valence-corrected chi connectivity index (χ2v) is 5.28. The van der Waals surface area contributed by atoms with Gasteiger partial charge in [0.25, 0.3) is 0 Å². The summed E-state index contributed by atoms with van der Waals surface area (Å²) >= 11 is 0.478. The third-order valence-corrected chi connectivity index (χ3v) is 2.95. The Balaban J connectivity index is 0. The lowest BCUT2D eigenvalue weighted by atomic mass is 10.1. The fraction of sp³-hybridized carbons (Fsp3) is 0.545. The molecule has 26 heavy (non-hydrogen) atoms. The van der Waals surface area contributed by atoms with Crippen molar-refractivity contribution in [1.82, 2.24) is 10.6 Å². The molecule has 0 radical (unpaired) electrons. The Morgan fingerprint density at radius 1 is 1.19 bits per heavy atom. The van der Waals surface area contributed by atoms with Crippen LogP contribution < -0.4 is 27.8 Å². The minimum absolute atomic E-state index is 0.135. The van der Waals surface area contributed by atoms with Gasteiger partial charge in [-0.05, 0) is 6.42 Å². The zero-order valence-electron chi connectivity index (χ0n) is 13.5. The highest BCUT2D eigenvalue weighted by atomic mass is 32.2. The van der Waals surface area contributed by atoms with Gasteiger partial charge in [-0.15, -0.1) is 4.91 Å². The van der Waals surface area contributed by atoms with Crippen LogP contribution in [-0.4, -0.2) is 64.3 Å². The monoisotopic (exact) mass is 395 g/mol. The number of nitrogens with one attached hydrogen (secondary N) is 3. The van der Waals surface area contributed by atoms with E-state index in [2.05, 4.69) is 26.7 Å². The quantitative estimate of drug-likeness (QED) is 0.0761. The predicted molar refractivity (Wildman–Crippen MR) is 91.8 cm³/mol. The number of hydrogen-bond acceptors (Lipinski definition) is 9. The SMILES string of the molecule is N=C(N)N.NC(CCC(=O)NC(CSN=O)C(=O)NCC(=O)O)C(=O)O. The zero-order valence-corrected chi connectivity index (χ0v) is 14.3. The molecule has 0 saturated carbocycles. The maximum atomic E-state index is 11.7. The average Bonchev–Trinajstić information content (AvgIpc) is 2.53. The Labute approximate surface area is 151 Å². The van der Waals surface area contributed by atoms with E-state index in [-0.39, 0.29) is 24.6 Å². The van der Waals surface area contributed by atoms with Crippen molar-refractivity contribution in [3.8, 4) is 0 Å². The van der Waals surface area contributed by atoms with Crippen molar-refractivity contribution < 1.29 is 29.4 Å². The van der Waals surface area contributed by atoms with E-state index < -0.39 is 42.4 Å². The molecule has 0 aromatic rings. The molecule has 2 amide bonds. The van der Waals surface area contributed by atoms with Gasteiger partial charge in [0, 0.05) is 28.7 Å². The summed E-state index contributed by atoms with van der Waals surface area (Å²) in [5.74, 6) is -4.50. The predicted octanol–water partition coefficient (Wildman–Crippen LogP) is -2.88. The number of nitrogens with two attached hydrogens (primary N) is 3. The number of carboxylic acid groups (broad SMARTS) is 2. The number of rotatable bonds is 11. The Morgan fingerprint density at radius 3 is 2.15 bits per heavy atom. The lowest BCUT2D eigenvalue weighted by molar-refractivity contribution is -0.139. The molecule has 0 aromatic heterocycles. The van der Waals surface area contributed by atoms with Crippen LogP contribution in [0.25, 0.3) is 0 Å². The van der Waals surface area contributed by atoms with Crippen LogP contribution in [-0.2, 0) is 19.2 Å². The van der Waals surface area contributed by atoms with Crippen molar-refractivity contribution in [3.63, 3.8) is 0 Å². The van der Waals surface area contributed by atoms with Gasteiger partial charge in [-0.2, -0.15) is 0 Å². The highest BCUT2D eigenvalue weighted by molar-refractivity contribution is 7.97. The van der Waals surface area contributed by atoms with Gasteiger partial charge in [-0.25, -0.2) is 0 Å². The van der Waals surface area contributed by atoms with Gasteiger partial charge in [0.1, 0.15) is 18.6 Å². The molecule has 0 fully saturated rings. The summed E-state index contributed by atoms with van der Waals surface area (Å²) in [4.78, 5) is 54.2. The number of amides is 2. The third-order valence-electron chi connectivity index (χ3n) is 2.36. The first-order valence-electron chi connectivity index (χ1n) is 6.82. The van der Waals surface area contributed by atoms with Gasteiger partial charge < -0.3 is 38.0 Å². The molecule has 11 N–H and O–H groups in total. The van der Waals surface area contributed by atoms with Crippen LogP contribution in [0.2, 0.25) is 0 Å². The molecule has 15 heteroatoms. The molecule has 0 spiro atoms. The Morgan fingerprint density at radius 2 is 1.73 bits per heavy atom. The number of carbonyl (C=O) groups is 4. The van der Waals surface area contributed by atoms with Crippen molar-refractivity contribution in [1.29, 1.82) is 5.41 Å². The van der Waals surface area contributed by atoms with Gasteiger partial charge in [0.05, 0.1) is 0 Å². The Bertz CT molecular complexity index is 527. The lowest BCUT2D eigenvalue weighted by Gasteiger charge is -2.16. The van der Waals surface area contributed by atoms with Crippen molar-refractivity contribution in [3.05, 3.63) is 4.91 Å². The minimum Gasteiger partial charge on any atom is -0.480 e. The summed E-state index contributed by atoms with van der Waals surface area (Å²) in [5, 5.41) is 27.4. The van der Waals surface area contributed by atoms with Crippen molar-refractivity contribution in [2.75, 3.05) is 12.3 Å². The van der Waals surface area contributed by atoms with Crippen LogP contribution in [0, 0.1) is 10.3 Å². The maximum absolute atomic E-state index is 11.7. The van der Waals surface area contributed by atoms with Crippen molar-refractivity contribution in [2.45, 2.75) is 24.9 Å². The van der Waals surface area contributed by atoms with Crippen LogP contribution in [0.5, 0.6) is 0 Å². The third kappa shape index (κ3) is 15.9. The van der Waals surface area contributed by atoms with Crippen LogP contribution >= 0.6 is 11.9 Å². The van der Waals surface area contributed by atoms with Gasteiger partial charge in [-0.1, -0.05) is 0 Å². The Kier molecular flexibility index (Phi) is 14.0. The van der Waals surface area contributed by atoms with E-state index in [0.29, 0.717) is 11.9 Å². The highest BCUT2D eigenvalue weighted by Crippen LogP contribution is 2.05. The molecule has 2 atom stereocenters. The molecule has 0 aliphatic rings. The first-order chi connectivity index (χ1) is 12.0. The number of hydrogen-bond donors (Lipinski definition) is 8. The molecule has 2 unspecified atom stereocenters. The molecule has 0 aliphatic heterocycles. The normalized spacial score (nSPS) is 11.7. The van der Waals surface area contributed by atoms with E-state index in [1.54, 1.807) is 0 Å².